The molecule has 0 bridgehead atoms. The van der Waals surface area contributed by atoms with Crippen molar-refractivity contribution < 1.29 is 4.79 Å². The van der Waals surface area contributed by atoms with Crippen LogP contribution in [0.25, 0.3) is 0 Å². The Balaban J connectivity index is 1.51. The van der Waals surface area contributed by atoms with E-state index in [4.69, 9.17) is 5.73 Å². The first-order valence-corrected chi connectivity index (χ1v) is 9.84. The first kappa shape index (κ1) is 17.7. The van der Waals surface area contributed by atoms with Gasteiger partial charge >= 0.3 is 0 Å². The molecular weight excluding hydrogens is 360 g/mol. The van der Waals surface area contributed by atoms with Crippen molar-refractivity contribution in [2.75, 3.05) is 12.3 Å². The number of rotatable bonds is 4. The van der Waals surface area contributed by atoms with Gasteiger partial charge in [0.05, 0.1) is 12.1 Å². The van der Waals surface area contributed by atoms with Crippen LogP contribution in [-0.2, 0) is 30.6 Å². The van der Waals surface area contributed by atoms with Crippen LogP contribution in [-0.4, -0.2) is 37.5 Å². The van der Waals surface area contributed by atoms with E-state index in [-0.39, 0.29) is 11.9 Å². The third kappa shape index (κ3) is 3.57. The lowest BCUT2D eigenvalue weighted by molar-refractivity contribution is -0.131. The summed E-state index contributed by atoms with van der Waals surface area (Å²) >= 11 is 1.73. The number of nitrogens with two attached hydrogens (primary N) is 1. The predicted molar refractivity (Wildman–Crippen MR) is 104 cm³/mol. The van der Waals surface area contributed by atoms with Gasteiger partial charge in [-0.15, -0.1) is 11.3 Å². The molecular formula is C19H22N6OS. The number of nitrogen functional groups attached to an aromatic ring is 1. The van der Waals surface area contributed by atoms with Crippen molar-refractivity contribution in [1.29, 1.82) is 0 Å². The number of thiophene rings is 1. The van der Waals surface area contributed by atoms with Crippen LogP contribution in [0, 0.1) is 13.8 Å². The zero-order valence-electron chi connectivity index (χ0n) is 15.5. The maximum atomic E-state index is 12.9. The minimum absolute atomic E-state index is 0.0866. The van der Waals surface area contributed by atoms with Gasteiger partial charge in [-0.1, -0.05) is 6.07 Å². The number of H-pyrrole nitrogens is 1. The largest absolute Gasteiger partial charge is 0.368 e. The second-order valence-electron chi connectivity index (χ2n) is 6.86. The van der Waals surface area contributed by atoms with E-state index in [9.17, 15) is 4.79 Å². The summed E-state index contributed by atoms with van der Waals surface area (Å²) in [5.41, 5.74) is 11.4. The van der Waals surface area contributed by atoms with Gasteiger partial charge in [0.2, 0.25) is 11.9 Å². The third-order valence-corrected chi connectivity index (χ3v) is 5.94. The number of carbonyl (C=O) groups is 1. The van der Waals surface area contributed by atoms with Crippen LogP contribution in [0.2, 0.25) is 0 Å². The van der Waals surface area contributed by atoms with E-state index < -0.39 is 0 Å². The molecule has 3 N–H and O–H groups in total. The molecule has 0 fully saturated rings. The molecule has 3 aromatic heterocycles. The van der Waals surface area contributed by atoms with Crippen molar-refractivity contribution in [2.45, 2.75) is 39.7 Å². The van der Waals surface area contributed by atoms with E-state index in [1.807, 2.05) is 24.8 Å². The van der Waals surface area contributed by atoms with E-state index in [1.54, 1.807) is 11.3 Å². The highest BCUT2D eigenvalue weighted by atomic mass is 32.1. The van der Waals surface area contributed by atoms with E-state index in [0.29, 0.717) is 19.5 Å². The topological polar surface area (TPSA) is 101 Å². The van der Waals surface area contributed by atoms with Gasteiger partial charge in [-0.05, 0) is 25.3 Å². The predicted octanol–water partition coefficient (Wildman–Crippen LogP) is 2.18. The summed E-state index contributed by atoms with van der Waals surface area (Å²) in [5, 5.41) is 9.73. The van der Waals surface area contributed by atoms with Gasteiger partial charge in [-0.25, -0.2) is 9.97 Å². The molecule has 0 aliphatic carbocycles. The standard InChI is InChI=1S/C19H22N6OS/c1-11-14(12(2)22-19(20)21-11)9-18(26)25-6-5-16-15(10-25)17(24-23-16)8-13-4-3-7-27-13/h3-4,7H,5-6,8-10H2,1-2H3,(H,23,24)(H2,20,21,22). The molecule has 0 atom stereocenters. The van der Waals surface area contributed by atoms with Crippen LogP contribution >= 0.6 is 11.3 Å². The first-order chi connectivity index (χ1) is 13.0. The van der Waals surface area contributed by atoms with Crippen LogP contribution in [0.1, 0.15) is 38.8 Å². The van der Waals surface area contributed by atoms with Crippen LogP contribution < -0.4 is 5.73 Å². The number of aromatic amines is 1. The summed E-state index contributed by atoms with van der Waals surface area (Å²) in [5.74, 6) is 0.337. The van der Waals surface area contributed by atoms with Crippen molar-refractivity contribution in [2.24, 2.45) is 0 Å². The summed E-state index contributed by atoms with van der Waals surface area (Å²) < 4.78 is 0. The van der Waals surface area contributed by atoms with Crippen molar-refractivity contribution in [3.05, 3.63) is 56.3 Å². The number of amides is 1. The zero-order valence-corrected chi connectivity index (χ0v) is 16.3. The molecule has 8 heteroatoms. The van der Waals surface area contributed by atoms with Crippen molar-refractivity contribution >= 4 is 23.2 Å². The fourth-order valence-electron chi connectivity index (χ4n) is 3.58. The minimum atomic E-state index is 0.0866. The molecule has 1 aliphatic rings. The van der Waals surface area contributed by atoms with Gasteiger partial charge in [0.15, 0.2) is 0 Å². The summed E-state index contributed by atoms with van der Waals surface area (Å²) in [6.45, 7) is 5.04. The van der Waals surface area contributed by atoms with Crippen LogP contribution in [0.5, 0.6) is 0 Å². The van der Waals surface area contributed by atoms with Gasteiger partial charge in [-0.2, -0.15) is 5.10 Å². The Morgan fingerprint density at radius 3 is 2.81 bits per heavy atom. The number of anilines is 1. The van der Waals surface area contributed by atoms with Gasteiger partial charge in [0.25, 0.3) is 0 Å². The average molecular weight is 382 g/mol. The molecule has 27 heavy (non-hydrogen) atoms. The molecule has 0 saturated heterocycles. The van der Waals surface area contributed by atoms with Crippen molar-refractivity contribution in [1.82, 2.24) is 25.1 Å². The molecule has 0 aromatic carbocycles. The third-order valence-electron chi connectivity index (χ3n) is 5.06. The highest BCUT2D eigenvalue weighted by Crippen LogP contribution is 2.24. The molecule has 0 spiro atoms. The Bertz CT molecular complexity index is 955. The number of aryl methyl sites for hydroxylation is 2. The molecule has 4 heterocycles. The normalized spacial score (nSPS) is 13.6. The number of hydrogen-bond donors (Lipinski definition) is 2. The summed E-state index contributed by atoms with van der Waals surface area (Å²) in [4.78, 5) is 24.5. The Morgan fingerprint density at radius 1 is 1.33 bits per heavy atom. The number of nitrogens with zero attached hydrogens (tertiary/aromatic N) is 4. The number of fused-ring (bicyclic) bond motifs is 1. The molecule has 1 amide bonds. The Hall–Kier alpha value is -2.74. The first-order valence-electron chi connectivity index (χ1n) is 8.96. The highest BCUT2D eigenvalue weighted by Gasteiger charge is 2.26. The molecule has 4 rings (SSSR count). The SMILES string of the molecule is Cc1nc(N)nc(C)c1CC(=O)N1CCc2[nH]nc(Cc3cccs3)c2C1. The fraction of sp³-hybridized carbons (Fsp3) is 0.368. The number of hydrogen-bond acceptors (Lipinski definition) is 6. The molecule has 7 nitrogen and oxygen atoms in total. The summed E-state index contributed by atoms with van der Waals surface area (Å²) in [7, 11) is 0. The van der Waals surface area contributed by atoms with E-state index in [0.717, 1.165) is 46.7 Å². The molecule has 0 radical (unpaired) electrons. The summed E-state index contributed by atoms with van der Waals surface area (Å²) in [6.07, 6.45) is 1.90. The van der Waals surface area contributed by atoms with E-state index in [1.165, 1.54) is 4.88 Å². The van der Waals surface area contributed by atoms with Crippen LogP contribution in [0.4, 0.5) is 5.95 Å². The van der Waals surface area contributed by atoms with Gasteiger partial charge in [0, 0.05) is 59.0 Å². The smallest absolute Gasteiger partial charge is 0.227 e. The Kier molecular flexibility index (Phi) is 4.65. The van der Waals surface area contributed by atoms with Crippen LogP contribution in [0.15, 0.2) is 17.5 Å². The van der Waals surface area contributed by atoms with Crippen molar-refractivity contribution in [3.8, 4) is 0 Å². The molecule has 3 aromatic rings. The Morgan fingerprint density at radius 2 is 2.11 bits per heavy atom. The molecule has 1 aliphatic heterocycles. The van der Waals surface area contributed by atoms with Gasteiger partial charge in [0.1, 0.15) is 0 Å². The lowest BCUT2D eigenvalue weighted by Crippen LogP contribution is -2.37. The maximum Gasteiger partial charge on any atom is 0.227 e. The number of nitrogens with one attached hydrogen (secondary N) is 1. The van der Waals surface area contributed by atoms with Crippen LogP contribution in [0.3, 0.4) is 0 Å². The Labute approximate surface area is 161 Å². The number of carbonyl (C=O) groups excluding carboxylic acids is 1. The van der Waals surface area contributed by atoms with Gasteiger partial charge in [-0.3, -0.25) is 9.89 Å². The summed E-state index contributed by atoms with van der Waals surface area (Å²) in [6, 6.07) is 4.17. The highest BCUT2D eigenvalue weighted by molar-refractivity contribution is 7.09. The monoisotopic (exact) mass is 382 g/mol. The zero-order chi connectivity index (χ0) is 19.0. The lowest BCUT2D eigenvalue weighted by atomic mass is 10.0. The lowest BCUT2D eigenvalue weighted by Gasteiger charge is -2.27. The maximum absolute atomic E-state index is 12.9. The molecule has 0 unspecified atom stereocenters. The molecule has 140 valence electrons. The second-order valence-corrected chi connectivity index (χ2v) is 7.89. The second kappa shape index (κ2) is 7.11. The number of aromatic nitrogens is 4. The van der Waals surface area contributed by atoms with E-state index >= 15 is 0 Å². The van der Waals surface area contributed by atoms with Gasteiger partial charge < -0.3 is 10.6 Å². The average Bonchev–Trinajstić information content (AvgIpc) is 3.28. The minimum Gasteiger partial charge on any atom is -0.368 e. The fourth-order valence-corrected chi connectivity index (χ4v) is 4.28. The van der Waals surface area contributed by atoms with Crippen molar-refractivity contribution in [3.63, 3.8) is 0 Å². The van der Waals surface area contributed by atoms with E-state index in [2.05, 4.69) is 31.6 Å². The molecule has 0 saturated carbocycles. The quantitative estimate of drug-likeness (QED) is 0.720.